The average molecular weight is 319 g/mol. The summed E-state index contributed by atoms with van der Waals surface area (Å²) < 4.78 is 0. The number of benzene rings is 1. The highest BCUT2D eigenvalue weighted by atomic mass is 35.5. The Bertz CT molecular complexity index is 699. The van der Waals surface area contributed by atoms with Gasteiger partial charge in [-0.1, -0.05) is 24.6 Å². The van der Waals surface area contributed by atoms with Gasteiger partial charge in [-0.15, -0.1) is 11.3 Å². The Kier molecular flexibility index (Phi) is 3.14. The third-order valence-corrected chi connectivity index (χ3v) is 6.47. The molecule has 1 aromatic heterocycles. The van der Waals surface area contributed by atoms with Crippen LogP contribution in [0.25, 0.3) is 11.3 Å². The number of thiazole rings is 1. The normalized spacial score (nSPS) is 27.5. The lowest BCUT2D eigenvalue weighted by molar-refractivity contribution is 0.247. The van der Waals surface area contributed by atoms with E-state index in [0.29, 0.717) is 0 Å². The second kappa shape index (κ2) is 4.80. The van der Waals surface area contributed by atoms with Gasteiger partial charge in [0.25, 0.3) is 0 Å². The summed E-state index contributed by atoms with van der Waals surface area (Å²) in [5, 5.41) is 1.95. The van der Waals surface area contributed by atoms with Gasteiger partial charge in [0.2, 0.25) is 0 Å². The maximum atomic E-state index is 6.67. The molecule has 2 aromatic rings. The van der Waals surface area contributed by atoms with E-state index in [1.807, 2.05) is 17.4 Å². The Morgan fingerprint density at radius 2 is 2.10 bits per heavy atom. The summed E-state index contributed by atoms with van der Waals surface area (Å²) >= 11 is 7.90. The summed E-state index contributed by atoms with van der Waals surface area (Å²) in [5.74, 6) is 0.802. The molecule has 2 aliphatic rings. The molecule has 21 heavy (non-hydrogen) atoms. The van der Waals surface area contributed by atoms with Crippen molar-refractivity contribution in [3.05, 3.63) is 38.7 Å². The van der Waals surface area contributed by atoms with Crippen molar-refractivity contribution in [1.82, 2.24) is 4.98 Å². The van der Waals surface area contributed by atoms with E-state index < -0.39 is 0 Å². The molecule has 4 heteroatoms. The maximum Gasteiger partial charge on any atom is 0.113 e. The number of hydrogen-bond acceptors (Lipinski definition) is 3. The molecule has 0 saturated heterocycles. The molecule has 2 aliphatic carbocycles. The van der Waals surface area contributed by atoms with Crippen LogP contribution >= 0.6 is 22.9 Å². The zero-order chi connectivity index (χ0) is 14.6. The quantitative estimate of drug-likeness (QED) is 0.704. The lowest BCUT2D eigenvalue weighted by atomic mass is 9.78. The Morgan fingerprint density at radius 3 is 2.86 bits per heavy atom. The number of nitrogens with zero attached hydrogens (tertiary/aromatic N) is 1. The predicted molar refractivity (Wildman–Crippen MR) is 88.9 cm³/mol. The fourth-order valence-corrected chi connectivity index (χ4v) is 4.95. The summed E-state index contributed by atoms with van der Waals surface area (Å²) in [5.41, 5.74) is 10.2. The first-order chi connectivity index (χ1) is 10.0. The van der Waals surface area contributed by atoms with Crippen LogP contribution in [0.5, 0.6) is 0 Å². The van der Waals surface area contributed by atoms with Crippen LogP contribution < -0.4 is 5.73 Å². The zero-order valence-corrected chi connectivity index (χ0v) is 13.7. The van der Waals surface area contributed by atoms with Gasteiger partial charge >= 0.3 is 0 Å². The predicted octanol–water partition coefficient (Wildman–Crippen LogP) is 4.73. The standard InChI is InChI=1S/C17H19ClN2S/c1-10-4-6-17(19,7-5-10)16-20-15-13-3-2-12(18)8-11(13)9-14(15)21-16/h2-3,8,10H,4-7,9,19H2,1H3. The average Bonchev–Trinajstić information content (AvgIpc) is 2.99. The molecule has 0 spiro atoms. The molecule has 0 unspecified atom stereocenters. The van der Waals surface area contributed by atoms with Crippen molar-refractivity contribution in [2.75, 3.05) is 0 Å². The molecule has 0 bridgehead atoms. The van der Waals surface area contributed by atoms with Gasteiger partial charge in [0.15, 0.2) is 0 Å². The molecule has 0 amide bonds. The van der Waals surface area contributed by atoms with E-state index >= 15 is 0 Å². The van der Waals surface area contributed by atoms with Crippen LogP contribution in [-0.4, -0.2) is 4.98 Å². The molecule has 2 nitrogen and oxygen atoms in total. The monoisotopic (exact) mass is 318 g/mol. The van der Waals surface area contributed by atoms with Crippen molar-refractivity contribution in [3.8, 4) is 11.3 Å². The fraction of sp³-hybridized carbons (Fsp3) is 0.471. The van der Waals surface area contributed by atoms with Crippen LogP contribution in [0.2, 0.25) is 5.02 Å². The van der Waals surface area contributed by atoms with Crippen molar-refractivity contribution in [2.24, 2.45) is 11.7 Å². The molecule has 0 aliphatic heterocycles. The van der Waals surface area contributed by atoms with Crippen molar-refractivity contribution in [1.29, 1.82) is 0 Å². The molecule has 1 fully saturated rings. The first-order valence-electron chi connectivity index (χ1n) is 7.63. The van der Waals surface area contributed by atoms with Crippen molar-refractivity contribution < 1.29 is 0 Å². The second-order valence-corrected chi connectivity index (χ2v) is 8.13. The van der Waals surface area contributed by atoms with E-state index in [2.05, 4.69) is 19.1 Å². The van der Waals surface area contributed by atoms with Crippen molar-refractivity contribution in [3.63, 3.8) is 0 Å². The molecule has 0 atom stereocenters. The van der Waals surface area contributed by atoms with Crippen LogP contribution in [0.1, 0.15) is 48.1 Å². The summed E-state index contributed by atoms with van der Waals surface area (Å²) in [7, 11) is 0. The summed E-state index contributed by atoms with van der Waals surface area (Å²) in [6, 6.07) is 6.11. The Hall–Kier alpha value is -0.900. The first kappa shape index (κ1) is 13.7. The van der Waals surface area contributed by atoms with E-state index in [1.165, 1.54) is 28.8 Å². The molecule has 4 rings (SSSR count). The lowest BCUT2D eigenvalue weighted by Gasteiger charge is -2.34. The van der Waals surface area contributed by atoms with Gasteiger partial charge in [0.1, 0.15) is 5.01 Å². The molecule has 0 radical (unpaired) electrons. The van der Waals surface area contributed by atoms with Crippen LogP contribution in [-0.2, 0) is 12.0 Å². The molecule has 110 valence electrons. The van der Waals surface area contributed by atoms with E-state index in [4.69, 9.17) is 22.3 Å². The molecular formula is C17H19ClN2S. The molecule has 1 saturated carbocycles. The van der Waals surface area contributed by atoms with Gasteiger partial charge in [-0.2, -0.15) is 0 Å². The minimum absolute atomic E-state index is 0.200. The first-order valence-corrected chi connectivity index (χ1v) is 8.82. The number of rotatable bonds is 1. The topological polar surface area (TPSA) is 38.9 Å². The van der Waals surface area contributed by atoms with Crippen LogP contribution in [0.3, 0.4) is 0 Å². The fourth-order valence-electron chi connectivity index (χ4n) is 3.50. The molecule has 1 aromatic carbocycles. The largest absolute Gasteiger partial charge is 0.319 e. The summed E-state index contributed by atoms with van der Waals surface area (Å²) in [6.45, 7) is 2.32. The van der Waals surface area contributed by atoms with Crippen LogP contribution in [0.4, 0.5) is 0 Å². The van der Waals surface area contributed by atoms with Gasteiger partial charge < -0.3 is 5.73 Å². The van der Waals surface area contributed by atoms with E-state index in [1.54, 1.807) is 0 Å². The smallest absolute Gasteiger partial charge is 0.113 e. The molecule has 1 heterocycles. The summed E-state index contributed by atoms with van der Waals surface area (Å²) in [4.78, 5) is 6.29. The van der Waals surface area contributed by atoms with Crippen LogP contribution in [0.15, 0.2) is 18.2 Å². The highest BCUT2D eigenvalue weighted by molar-refractivity contribution is 7.12. The van der Waals surface area contributed by atoms with E-state index in [0.717, 1.165) is 40.9 Å². The number of halogens is 1. The highest BCUT2D eigenvalue weighted by Gasteiger charge is 2.36. The van der Waals surface area contributed by atoms with Crippen LogP contribution in [0, 0.1) is 5.92 Å². The van der Waals surface area contributed by atoms with Gasteiger partial charge in [-0.3, -0.25) is 0 Å². The lowest BCUT2D eigenvalue weighted by Crippen LogP contribution is -2.40. The minimum atomic E-state index is -0.200. The minimum Gasteiger partial charge on any atom is -0.319 e. The summed E-state index contributed by atoms with van der Waals surface area (Å²) in [6.07, 6.45) is 5.51. The van der Waals surface area contributed by atoms with E-state index in [-0.39, 0.29) is 5.54 Å². The number of fused-ring (bicyclic) bond motifs is 3. The van der Waals surface area contributed by atoms with Gasteiger partial charge in [-0.05, 0) is 49.3 Å². The number of nitrogens with two attached hydrogens (primary N) is 1. The zero-order valence-electron chi connectivity index (χ0n) is 12.2. The second-order valence-electron chi connectivity index (χ2n) is 6.61. The van der Waals surface area contributed by atoms with Crippen molar-refractivity contribution >= 4 is 22.9 Å². The maximum absolute atomic E-state index is 6.67. The number of hydrogen-bond donors (Lipinski definition) is 1. The third kappa shape index (κ3) is 2.23. The molecule has 2 N–H and O–H groups in total. The Balaban J connectivity index is 1.70. The Labute approximate surface area is 134 Å². The van der Waals surface area contributed by atoms with E-state index in [9.17, 15) is 0 Å². The van der Waals surface area contributed by atoms with Crippen molar-refractivity contribution in [2.45, 2.75) is 44.6 Å². The highest BCUT2D eigenvalue weighted by Crippen LogP contribution is 2.45. The number of aromatic nitrogens is 1. The van der Waals surface area contributed by atoms with Gasteiger partial charge in [-0.25, -0.2) is 4.98 Å². The molecular weight excluding hydrogens is 300 g/mol. The van der Waals surface area contributed by atoms with Gasteiger partial charge in [0, 0.05) is 21.9 Å². The third-order valence-electron chi connectivity index (χ3n) is 4.96. The van der Waals surface area contributed by atoms with Gasteiger partial charge in [0.05, 0.1) is 11.2 Å². The SMILES string of the molecule is CC1CCC(N)(c2nc3c(s2)Cc2cc(Cl)ccc2-3)CC1. The Morgan fingerprint density at radius 1 is 1.33 bits per heavy atom.